The molecule has 0 spiro atoms. The van der Waals surface area contributed by atoms with Gasteiger partial charge in [-0.25, -0.2) is 0 Å². The molecule has 0 saturated heterocycles. The minimum Gasteiger partial charge on any atom is -0.497 e. The van der Waals surface area contributed by atoms with E-state index in [4.69, 9.17) is 16.3 Å². The Morgan fingerprint density at radius 3 is 2.46 bits per heavy atom. The number of nitrogens with zero attached hydrogens (tertiary/aromatic N) is 1. The number of methoxy groups -OCH3 is 1. The van der Waals surface area contributed by atoms with E-state index in [-0.39, 0.29) is 5.91 Å². The molecule has 0 aliphatic carbocycles. The van der Waals surface area contributed by atoms with Crippen LogP contribution in [0.5, 0.6) is 5.75 Å². The van der Waals surface area contributed by atoms with Crippen molar-refractivity contribution in [2.45, 2.75) is 13.0 Å². The minimum absolute atomic E-state index is 0.162. The highest BCUT2D eigenvalue weighted by molar-refractivity contribution is 6.30. The minimum atomic E-state index is -0.162. The molecule has 2 aromatic carbocycles. The maximum atomic E-state index is 12.4. The number of benzene rings is 2. The monoisotopic (exact) mass is 395 g/mol. The third kappa shape index (κ3) is 5.72. The van der Waals surface area contributed by atoms with E-state index in [1.807, 2.05) is 48.5 Å². The third-order valence-corrected chi connectivity index (χ3v) is 4.52. The van der Waals surface area contributed by atoms with Gasteiger partial charge in [-0.2, -0.15) is 0 Å². The fourth-order valence-corrected chi connectivity index (χ4v) is 2.82. The van der Waals surface area contributed by atoms with Crippen LogP contribution in [0.4, 0.5) is 5.69 Å². The van der Waals surface area contributed by atoms with Gasteiger partial charge < -0.3 is 15.4 Å². The summed E-state index contributed by atoms with van der Waals surface area (Å²) in [5, 5.41) is 6.94. The summed E-state index contributed by atoms with van der Waals surface area (Å²) in [7, 11) is 1.63. The Hall–Kier alpha value is -3.05. The Balaban J connectivity index is 1.51. The van der Waals surface area contributed by atoms with Crippen LogP contribution in [0.3, 0.4) is 0 Å². The van der Waals surface area contributed by atoms with Crippen LogP contribution in [0.25, 0.3) is 0 Å². The lowest BCUT2D eigenvalue weighted by Crippen LogP contribution is -2.23. The van der Waals surface area contributed by atoms with Gasteiger partial charge in [-0.15, -0.1) is 0 Å². The molecule has 1 heterocycles. The van der Waals surface area contributed by atoms with Gasteiger partial charge in [0.15, 0.2) is 0 Å². The summed E-state index contributed by atoms with van der Waals surface area (Å²) in [4.78, 5) is 16.6. The van der Waals surface area contributed by atoms with Gasteiger partial charge in [-0.05, 0) is 47.9 Å². The second-order valence-electron chi connectivity index (χ2n) is 6.30. The standard InChI is InChI=1S/C22H22ClN3O2/c1-28-21-8-4-17(5-9-21)13-26-22(27)18-12-20(15-24-14-18)25-11-10-16-2-6-19(23)7-3-16/h2-9,12,14-15,25H,10-11,13H2,1H3,(H,26,27). The van der Waals surface area contributed by atoms with E-state index in [2.05, 4.69) is 15.6 Å². The second-order valence-corrected chi connectivity index (χ2v) is 6.73. The molecule has 0 unspecified atom stereocenters. The number of anilines is 1. The van der Waals surface area contributed by atoms with Crippen LogP contribution < -0.4 is 15.4 Å². The number of carbonyl (C=O) groups is 1. The van der Waals surface area contributed by atoms with Crippen LogP contribution in [-0.2, 0) is 13.0 Å². The van der Waals surface area contributed by atoms with E-state index in [0.29, 0.717) is 12.1 Å². The summed E-state index contributed by atoms with van der Waals surface area (Å²) < 4.78 is 5.13. The van der Waals surface area contributed by atoms with Crippen LogP contribution in [-0.4, -0.2) is 24.5 Å². The van der Waals surface area contributed by atoms with Crippen molar-refractivity contribution in [3.8, 4) is 5.75 Å². The highest BCUT2D eigenvalue weighted by atomic mass is 35.5. The molecule has 6 heteroatoms. The lowest BCUT2D eigenvalue weighted by molar-refractivity contribution is 0.0950. The summed E-state index contributed by atoms with van der Waals surface area (Å²) in [5.41, 5.74) is 3.52. The van der Waals surface area contributed by atoms with Crippen molar-refractivity contribution in [3.63, 3.8) is 0 Å². The van der Waals surface area contributed by atoms with Gasteiger partial charge in [-0.3, -0.25) is 9.78 Å². The molecule has 0 saturated carbocycles. The molecule has 3 rings (SSSR count). The molecule has 1 amide bonds. The fourth-order valence-electron chi connectivity index (χ4n) is 2.69. The Morgan fingerprint density at radius 1 is 1.04 bits per heavy atom. The number of aromatic nitrogens is 1. The van der Waals surface area contributed by atoms with Crippen LogP contribution in [0.1, 0.15) is 21.5 Å². The molecule has 0 aliphatic rings. The van der Waals surface area contributed by atoms with Gasteiger partial charge in [-0.1, -0.05) is 35.9 Å². The van der Waals surface area contributed by atoms with E-state index < -0.39 is 0 Å². The zero-order chi connectivity index (χ0) is 19.8. The number of pyridine rings is 1. The van der Waals surface area contributed by atoms with E-state index in [1.54, 1.807) is 25.6 Å². The Bertz CT molecular complexity index is 912. The average molecular weight is 396 g/mol. The first-order chi connectivity index (χ1) is 13.6. The molecule has 0 radical (unpaired) electrons. The summed E-state index contributed by atoms with van der Waals surface area (Å²) in [6, 6.07) is 17.2. The SMILES string of the molecule is COc1ccc(CNC(=O)c2cncc(NCCc3ccc(Cl)cc3)c2)cc1. The van der Waals surface area contributed by atoms with E-state index in [0.717, 1.165) is 35.0 Å². The molecule has 0 atom stereocenters. The normalized spacial score (nSPS) is 10.4. The number of hydrogen-bond acceptors (Lipinski definition) is 4. The van der Waals surface area contributed by atoms with Gasteiger partial charge in [0, 0.05) is 30.5 Å². The maximum absolute atomic E-state index is 12.4. The largest absolute Gasteiger partial charge is 0.497 e. The molecule has 5 nitrogen and oxygen atoms in total. The summed E-state index contributed by atoms with van der Waals surface area (Å²) in [5.74, 6) is 0.626. The molecule has 0 bridgehead atoms. The third-order valence-electron chi connectivity index (χ3n) is 4.27. The van der Waals surface area contributed by atoms with Crippen molar-refractivity contribution in [2.75, 3.05) is 19.0 Å². The summed E-state index contributed by atoms with van der Waals surface area (Å²) in [6.45, 7) is 1.18. The maximum Gasteiger partial charge on any atom is 0.253 e. The smallest absolute Gasteiger partial charge is 0.253 e. The van der Waals surface area contributed by atoms with E-state index >= 15 is 0 Å². The molecule has 3 aromatic rings. The van der Waals surface area contributed by atoms with Crippen molar-refractivity contribution in [1.29, 1.82) is 0 Å². The topological polar surface area (TPSA) is 63.2 Å². The van der Waals surface area contributed by atoms with Gasteiger partial charge >= 0.3 is 0 Å². The number of halogens is 1. The molecule has 28 heavy (non-hydrogen) atoms. The number of carbonyl (C=O) groups excluding carboxylic acids is 1. The van der Waals surface area contributed by atoms with Gasteiger partial charge in [0.1, 0.15) is 5.75 Å². The van der Waals surface area contributed by atoms with Crippen LogP contribution in [0.2, 0.25) is 5.02 Å². The number of ether oxygens (including phenoxy) is 1. The zero-order valence-electron chi connectivity index (χ0n) is 15.6. The summed E-state index contributed by atoms with van der Waals surface area (Å²) >= 11 is 5.90. The molecule has 0 aliphatic heterocycles. The van der Waals surface area contributed by atoms with Crippen LogP contribution in [0, 0.1) is 0 Å². The molecular weight excluding hydrogens is 374 g/mol. The van der Waals surface area contributed by atoms with Crippen molar-refractivity contribution in [2.24, 2.45) is 0 Å². The van der Waals surface area contributed by atoms with Crippen molar-refractivity contribution >= 4 is 23.2 Å². The predicted octanol–water partition coefficient (Wildman–Crippen LogP) is 4.33. The first kappa shape index (κ1) is 19.7. The van der Waals surface area contributed by atoms with Crippen molar-refractivity contribution in [1.82, 2.24) is 10.3 Å². The highest BCUT2D eigenvalue weighted by Crippen LogP contribution is 2.13. The van der Waals surface area contributed by atoms with Crippen LogP contribution >= 0.6 is 11.6 Å². The van der Waals surface area contributed by atoms with E-state index in [9.17, 15) is 4.79 Å². The van der Waals surface area contributed by atoms with Crippen LogP contribution in [0.15, 0.2) is 67.0 Å². The zero-order valence-corrected chi connectivity index (χ0v) is 16.4. The Labute approximate surface area is 169 Å². The molecule has 0 fully saturated rings. The number of amides is 1. The van der Waals surface area contributed by atoms with Crippen molar-refractivity contribution in [3.05, 3.63) is 88.7 Å². The lowest BCUT2D eigenvalue weighted by Gasteiger charge is -2.09. The molecule has 144 valence electrons. The number of hydrogen-bond donors (Lipinski definition) is 2. The van der Waals surface area contributed by atoms with Crippen molar-refractivity contribution < 1.29 is 9.53 Å². The molecular formula is C22H22ClN3O2. The predicted molar refractivity (Wildman–Crippen MR) is 112 cm³/mol. The van der Waals surface area contributed by atoms with Gasteiger partial charge in [0.05, 0.1) is 18.4 Å². The lowest BCUT2D eigenvalue weighted by atomic mass is 10.1. The number of rotatable bonds is 8. The average Bonchev–Trinajstić information content (AvgIpc) is 2.74. The summed E-state index contributed by atoms with van der Waals surface area (Å²) in [6.07, 6.45) is 4.13. The van der Waals surface area contributed by atoms with Gasteiger partial charge in [0.25, 0.3) is 5.91 Å². The first-order valence-corrected chi connectivity index (χ1v) is 9.36. The van der Waals surface area contributed by atoms with Gasteiger partial charge in [0.2, 0.25) is 0 Å². The molecule has 1 aromatic heterocycles. The fraction of sp³-hybridized carbons (Fsp3) is 0.182. The highest BCUT2D eigenvalue weighted by Gasteiger charge is 2.07. The Kier molecular flexibility index (Phi) is 6.87. The Morgan fingerprint density at radius 2 is 1.75 bits per heavy atom. The number of nitrogens with one attached hydrogen (secondary N) is 2. The quantitative estimate of drug-likeness (QED) is 0.596. The molecule has 2 N–H and O–H groups in total. The second kappa shape index (κ2) is 9.76. The first-order valence-electron chi connectivity index (χ1n) is 8.98. The van der Waals surface area contributed by atoms with E-state index in [1.165, 1.54) is 5.56 Å².